The van der Waals surface area contributed by atoms with Gasteiger partial charge in [-0.05, 0) is 37.6 Å². The zero-order chi connectivity index (χ0) is 20.4. The molecule has 0 bridgehead atoms. The molecule has 0 spiro atoms. The number of aromatic nitrogens is 3. The molecule has 0 atom stereocenters. The highest BCUT2D eigenvalue weighted by molar-refractivity contribution is 5.87. The van der Waals surface area contributed by atoms with Crippen LogP contribution in [0.15, 0.2) is 36.7 Å². The highest BCUT2D eigenvalue weighted by Crippen LogP contribution is 2.37. The molecule has 7 heteroatoms. The van der Waals surface area contributed by atoms with Crippen molar-refractivity contribution < 1.29 is 18.6 Å². The summed E-state index contributed by atoms with van der Waals surface area (Å²) in [5.74, 6) is 1.06. The van der Waals surface area contributed by atoms with Gasteiger partial charge in [0.1, 0.15) is 6.33 Å². The van der Waals surface area contributed by atoms with Crippen LogP contribution < -0.4 is 14.2 Å². The average Bonchev–Trinajstić information content (AvgIpc) is 3.11. The number of unbranched alkanes of at least 4 members (excludes halogenated alkanes) is 1. The van der Waals surface area contributed by atoms with Crippen LogP contribution in [0.5, 0.6) is 23.1 Å². The molecular formula is C22H22FN3O3. The number of hydrogen-bond donors (Lipinski definition) is 1. The summed E-state index contributed by atoms with van der Waals surface area (Å²) in [6.45, 7) is 4.57. The van der Waals surface area contributed by atoms with Crippen LogP contribution >= 0.6 is 0 Å². The highest BCUT2D eigenvalue weighted by Gasteiger charge is 2.16. The third-order valence-electron chi connectivity index (χ3n) is 4.68. The molecule has 0 aliphatic rings. The third kappa shape index (κ3) is 3.68. The number of nitrogens with one attached hydrogen (secondary N) is 1. The Bertz CT molecular complexity index is 1170. The van der Waals surface area contributed by atoms with E-state index in [1.807, 2.05) is 6.92 Å². The molecule has 0 aliphatic heterocycles. The molecule has 1 N–H and O–H groups in total. The molecule has 2 aromatic heterocycles. The Morgan fingerprint density at radius 2 is 1.90 bits per heavy atom. The van der Waals surface area contributed by atoms with Crippen molar-refractivity contribution in [3.8, 4) is 23.1 Å². The first-order valence-electron chi connectivity index (χ1n) is 9.52. The molecule has 0 fully saturated rings. The quantitative estimate of drug-likeness (QED) is 0.416. The molecule has 2 heterocycles. The summed E-state index contributed by atoms with van der Waals surface area (Å²) in [4.78, 5) is 11.6. The lowest BCUT2D eigenvalue weighted by atomic mass is 10.2. The summed E-state index contributed by atoms with van der Waals surface area (Å²) >= 11 is 0. The molecule has 29 heavy (non-hydrogen) atoms. The van der Waals surface area contributed by atoms with E-state index in [4.69, 9.17) is 14.2 Å². The van der Waals surface area contributed by atoms with Gasteiger partial charge in [0.2, 0.25) is 5.88 Å². The van der Waals surface area contributed by atoms with E-state index in [9.17, 15) is 4.39 Å². The Morgan fingerprint density at radius 3 is 2.69 bits per heavy atom. The minimum Gasteiger partial charge on any atom is -0.493 e. The van der Waals surface area contributed by atoms with Gasteiger partial charge in [-0.3, -0.25) is 0 Å². The van der Waals surface area contributed by atoms with Crippen LogP contribution in [-0.4, -0.2) is 28.7 Å². The van der Waals surface area contributed by atoms with Gasteiger partial charge in [0.25, 0.3) is 0 Å². The number of H-pyrrole nitrogens is 1. The lowest BCUT2D eigenvalue weighted by molar-refractivity contribution is 0.289. The first-order chi connectivity index (χ1) is 14.1. The van der Waals surface area contributed by atoms with Gasteiger partial charge in [0.15, 0.2) is 23.1 Å². The van der Waals surface area contributed by atoms with E-state index >= 15 is 0 Å². The normalized spacial score (nSPS) is 11.2. The number of hydrogen-bond acceptors (Lipinski definition) is 5. The first-order valence-corrected chi connectivity index (χ1v) is 9.52. The van der Waals surface area contributed by atoms with Crippen molar-refractivity contribution in [2.24, 2.45) is 0 Å². The third-order valence-corrected chi connectivity index (χ3v) is 4.68. The number of fused-ring (bicyclic) bond motifs is 2. The van der Waals surface area contributed by atoms with E-state index in [1.165, 1.54) is 6.33 Å². The van der Waals surface area contributed by atoms with Crippen LogP contribution in [0, 0.1) is 12.7 Å². The van der Waals surface area contributed by atoms with Crippen LogP contribution in [-0.2, 0) is 0 Å². The van der Waals surface area contributed by atoms with Gasteiger partial charge >= 0.3 is 0 Å². The summed E-state index contributed by atoms with van der Waals surface area (Å²) in [5, 5.41) is 1.08. The fraction of sp³-hybridized carbons (Fsp3) is 0.273. The van der Waals surface area contributed by atoms with E-state index in [-0.39, 0.29) is 11.6 Å². The molecule has 6 nitrogen and oxygen atoms in total. The Hall–Kier alpha value is -3.35. The minimum atomic E-state index is -0.440. The Kier molecular flexibility index (Phi) is 5.20. The van der Waals surface area contributed by atoms with Crippen LogP contribution in [0.1, 0.15) is 25.5 Å². The Morgan fingerprint density at radius 1 is 1.03 bits per heavy atom. The molecule has 0 radical (unpaired) electrons. The summed E-state index contributed by atoms with van der Waals surface area (Å²) in [6, 6.07) is 8.65. The van der Waals surface area contributed by atoms with E-state index in [1.54, 1.807) is 37.4 Å². The minimum absolute atomic E-state index is 0.0961. The molecule has 0 aliphatic carbocycles. The van der Waals surface area contributed by atoms with Crippen molar-refractivity contribution in [3.63, 3.8) is 0 Å². The fourth-order valence-electron chi connectivity index (χ4n) is 3.19. The lowest BCUT2D eigenvalue weighted by Gasteiger charge is -2.13. The van der Waals surface area contributed by atoms with Gasteiger partial charge in [0, 0.05) is 22.7 Å². The van der Waals surface area contributed by atoms with Crippen molar-refractivity contribution in [2.75, 3.05) is 13.7 Å². The number of aromatic amines is 1. The predicted octanol–water partition coefficient (Wildman–Crippen LogP) is 5.54. The fourth-order valence-corrected chi connectivity index (χ4v) is 3.19. The monoisotopic (exact) mass is 395 g/mol. The maximum Gasteiger partial charge on any atom is 0.230 e. The van der Waals surface area contributed by atoms with Crippen LogP contribution in [0.25, 0.3) is 21.8 Å². The van der Waals surface area contributed by atoms with Crippen molar-refractivity contribution in [3.05, 3.63) is 48.2 Å². The molecule has 4 aromatic rings. The summed E-state index contributed by atoms with van der Waals surface area (Å²) < 4.78 is 32.0. The number of nitrogens with zero attached hydrogens (tertiary/aromatic N) is 2. The predicted molar refractivity (Wildman–Crippen MR) is 110 cm³/mol. The second-order valence-corrected chi connectivity index (χ2v) is 6.79. The summed E-state index contributed by atoms with van der Waals surface area (Å²) in [5.41, 5.74) is 2.22. The van der Waals surface area contributed by atoms with E-state index in [0.717, 1.165) is 24.1 Å². The van der Waals surface area contributed by atoms with Gasteiger partial charge in [-0.1, -0.05) is 13.3 Å². The molecule has 0 unspecified atom stereocenters. The molecule has 2 aromatic carbocycles. The van der Waals surface area contributed by atoms with Crippen LogP contribution in [0.3, 0.4) is 0 Å². The zero-order valence-electron chi connectivity index (χ0n) is 16.6. The SMILES string of the molecule is CCCCOc1cc2ncnc(Oc3ccc4[nH]c(C)cc4c3F)c2cc1OC. The van der Waals surface area contributed by atoms with Crippen molar-refractivity contribution >= 4 is 21.8 Å². The number of benzene rings is 2. The van der Waals surface area contributed by atoms with Crippen molar-refractivity contribution in [1.29, 1.82) is 0 Å². The first kappa shape index (κ1) is 19.0. The Labute approximate surface area is 167 Å². The smallest absolute Gasteiger partial charge is 0.230 e. The van der Waals surface area contributed by atoms with Crippen molar-refractivity contribution in [2.45, 2.75) is 26.7 Å². The average molecular weight is 395 g/mol. The second-order valence-electron chi connectivity index (χ2n) is 6.79. The van der Waals surface area contributed by atoms with Crippen LogP contribution in [0.4, 0.5) is 4.39 Å². The van der Waals surface area contributed by atoms with Gasteiger partial charge in [-0.25, -0.2) is 14.4 Å². The number of ether oxygens (including phenoxy) is 3. The van der Waals surface area contributed by atoms with Crippen molar-refractivity contribution in [1.82, 2.24) is 15.0 Å². The standard InChI is InChI=1S/C22H22FN3O3/c1-4-5-8-28-20-11-17-15(10-19(20)27-3)22(25-12-24-17)29-18-7-6-16-14(21(18)23)9-13(2)26-16/h6-7,9-12,26H,4-5,8H2,1-3H3. The molecule has 0 saturated heterocycles. The second kappa shape index (κ2) is 7.95. The zero-order valence-corrected chi connectivity index (χ0v) is 16.6. The molecule has 150 valence electrons. The molecular weight excluding hydrogens is 373 g/mol. The summed E-state index contributed by atoms with van der Waals surface area (Å²) in [7, 11) is 1.57. The highest BCUT2D eigenvalue weighted by atomic mass is 19.1. The number of aryl methyl sites for hydroxylation is 1. The van der Waals surface area contributed by atoms with E-state index in [0.29, 0.717) is 34.4 Å². The maximum absolute atomic E-state index is 14.9. The molecule has 0 saturated carbocycles. The van der Waals surface area contributed by atoms with Gasteiger partial charge in [-0.2, -0.15) is 0 Å². The van der Waals surface area contributed by atoms with Gasteiger partial charge < -0.3 is 19.2 Å². The Balaban J connectivity index is 1.73. The summed E-state index contributed by atoms with van der Waals surface area (Å²) in [6.07, 6.45) is 3.36. The number of halogens is 1. The number of methoxy groups -OCH3 is 1. The van der Waals surface area contributed by atoms with Crippen LogP contribution in [0.2, 0.25) is 0 Å². The largest absolute Gasteiger partial charge is 0.493 e. The van der Waals surface area contributed by atoms with Gasteiger partial charge in [-0.15, -0.1) is 0 Å². The number of rotatable bonds is 7. The van der Waals surface area contributed by atoms with E-state index in [2.05, 4.69) is 21.9 Å². The van der Waals surface area contributed by atoms with E-state index < -0.39 is 5.82 Å². The van der Waals surface area contributed by atoms with Gasteiger partial charge in [0.05, 0.1) is 24.6 Å². The molecule has 4 rings (SSSR count). The molecule has 0 amide bonds. The topological polar surface area (TPSA) is 69.3 Å². The lowest BCUT2D eigenvalue weighted by Crippen LogP contribution is -2.00. The maximum atomic E-state index is 14.9.